The van der Waals surface area contributed by atoms with Crippen LogP contribution in [-0.4, -0.2) is 4.40 Å². The zero-order valence-corrected chi connectivity index (χ0v) is 19.2. The minimum atomic E-state index is 1.30. The van der Waals surface area contributed by atoms with E-state index >= 15 is 0 Å². The van der Waals surface area contributed by atoms with E-state index in [1.807, 2.05) is 0 Å². The van der Waals surface area contributed by atoms with Crippen molar-refractivity contribution >= 4 is 59.8 Å². The van der Waals surface area contributed by atoms with Crippen LogP contribution in [0.2, 0.25) is 0 Å². The zero-order valence-electron chi connectivity index (χ0n) is 19.2. The Bertz CT molecular complexity index is 1920. The highest BCUT2D eigenvalue weighted by Gasteiger charge is 2.27. The van der Waals surface area contributed by atoms with Crippen LogP contribution in [0.25, 0.3) is 59.8 Å². The predicted octanol–water partition coefficient (Wildman–Crippen LogP) is 7.20. The molecule has 0 aliphatic rings. The topological polar surface area (TPSA) is 8.29 Å². The number of nitrogens with zero attached hydrogens (tertiary/aromatic N) is 2. The molecule has 154 valence electrons. The highest BCUT2D eigenvalue weighted by molar-refractivity contribution is 6.29. The largest absolute Gasteiger partial charge is 0.307 e. The summed E-state index contributed by atoms with van der Waals surface area (Å²) in [6.45, 7) is 9.12. The number of hydrogen-bond acceptors (Lipinski definition) is 0. The molecule has 7 aromatic rings. The molecule has 0 atom stereocenters. The van der Waals surface area contributed by atoms with Gasteiger partial charge in [0.1, 0.15) is 7.05 Å². The van der Waals surface area contributed by atoms with Crippen molar-refractivity contribution in [1.29, 1.82) is 0 Å². The highest BCUT2D eigenvalue weighted by Crippen LogP contribution is 2.45. The first kappa shape index (κ1) is 18.0. The van der Waals surface area contributed by atoms with Crippen LogP contribution in [0.5, 0.6) is 0 Å². The fourth-order valence-electron chi connectivity index (χ4n) is 6.41. The first-order valence-corrected chi connectivity index (χ1v) is 11.4. The zero-order chi connectivity index (χ0) is 21.9. The number of hydrogen-bond donors (Lipinski definition) is 0. The number of fused-ring (bicyclic) bond motifs is 7. The molecule has 0 amide bonds. The van der Waals surface area contributed by atoms with Gasteiger partial charge in [-0.3, -0.25) is 0 Å². The number of rotatable bonds is 0. The van der Waals surface area contributed by atoms with Gasteiger partial charge in [-0.25, -0.2) is 4.57 Å². The number of aromatic nitrogens is 2. The van der Waals surface area contributed by atoms with E-state index in [0.29, 0.717) is 0 Å². The molecule has 0 N–H and O–H groups in total. The Balaban J connectivity index is 2.03. The summed E-state index contributed by atoms with van der Waals surface area (Å²) in [4.78, 5) is 0. The summed E-state index contributed by atoms with van der Waals surface area (Å²) in [5.41, 5.74) is 10.8. The maximum absolute atomic E-state index is 2.57. The first-order chi connectivity index (χ1) is 15.5. The van der Waals surface area contributed by atoms with Gasteiger partial charge in [-0.2, -0.15) is 0 Å². The van der Waals surface area contributed by atoms with Crippen LogP contribution in [-0.2, 0) is 7.05 Å². The Hall–Kier alpha value is -3.65. The fraction of sp³-hybridized carbons (Fsp3) is 0.167. The van der Waals surface area contributed by atoms with Gasteiger partial charge in [0, 0.05) is 16.8 Å². The van der Waals surface area contributed by atoms with Crippen LogP contribution < -0.4 is 4.57 Å². The average molecular weight is 414 g/mol. The summed E-state index contributed by atoms with van der Waals surface area (Å²) < 4.78 is 4.89. The van der Waals surface area contributed by atoms with Gasteiger partial charge in [-0.05, 0) is 72.2 Å². The summed E-state index contributed by atoms with van der Waals surface area (Å²) >= 11 is 0. The van der Waals surface area contributed by atoms with Crippen LogP contribution in [0.1, 0.15) is 22.3 Å². The maximum atomic E-state index is 2.57. The summed E-state index contributed by atoms with van der Waals surface area (Å²) in [6, 6.07) is 20.3. The van der Waals surface area contributed by atoms with Crippen molar-refractivity contribution < 1.29 is 4.57 Å². The van der Waals surface area contributed by atoms with Crippen LogP contribution >= 0.6 is 0 Å². The minimum absolute atomic E-state index is 1.30. The van der Waals surface area contributed by atoms with Gasteiger partial charge in [0.05, 0.1) is 27.3 Å². The van der Waals surface area contributed by atoms with E-state index in [9.17, 15) is 0 Å². The van der Waals surface area contributed by atoms with Crippen LogP contribution in [0.3, 0.4) is 0 Å². The number of aryl methyl sites for hydroxylation is 5. The molecule has 4 aromatic carbocycles. The minimum Gasteiger partial charge on any atom is -0.307 e. The predicted molar refractivity (Wildman–Crippen MR) is 136 cm³/mol. The summed E-state index contributed by atoms with van der Waals surface area (Å²) in [7, 11) is 2.19. The summed E-state index contributed by atoms with van der Waals surface area (Å²) in [6.07, 6.45) is 2.22. The Labute approximate surface area is 186 Å². The third kappa shape index (κ3) is 1.90. The lowest BCUT2D eigenvalue weighted by atomic mass is 9.90. The molecule has 0 spiro atoms. The van der Waals surface area contributed by atoms with E-state index in [0.717, 1.165) is 0 Å². The molecule has 0 unspecified atom stereocenters. The fourth-order valence-corrected chi connectivity index (χ4v) is 6.41. The van der Waals surface area contributed by atoms with Crippen LogP contribution in [0.4, 0.5) is 0 Å². The molecule has 2 heteroatoms. The molecular weight excluding hydrogens is 388 g/mol. The van der Waals surface area contributed by atoms with Gasteiger partial charge in [0.25, 0.3) is 0 Å². The van der Waals surface area contributed by atoms with Gasteiger partial charge in [0.2, 0.25) is 5.52 Å². The lowest BCUT2D eigenvalue weighted by Crippen LogP contribution is -2.29. The molecule has 3 aromatic heterocycles. The van der Waals surface area contributed by atoms with E-state index in [1.54, 1.807) is 0 Å². The van der Waals surface area contributed by atoms with E-state index in [4.69, 9.17) is 0 Å². The normalized spacial score (nSPS) is 12.5. The second-order valence-electron chi connectivity index (χ2n) is 9.48. The third-order valence-electron chi connectivity index (χ3n) is 7.71. The highest BCUT2D eigenvalue weighted by atomic mass is 15.0. The molecule has 3 heterocycles. The van der Waals surface area contributed by atoms with Gasteiger partial charge in [-0.15, -0.1) is 0 Å². The van der Waals surface area contributed by atoms with Crippen molar-refractivity contribution in [2.24, 2.45) is 7.05 Å². The summed E-state index contributed by atoms with van der Waals surface area (Å²) in [5, 5.41) is 9.53. The third-order valence-corrected chi connectivity index (χ3v) is 7.71. The Morgan fingerprint density at radius 3 is 2.28 bits per heavy atom. The lowest BCUT2D eigenvalue weighted by Gasteiger charge is -2.18. The number of pyridine rings is 2. The Kier molecular flexibility index (Phi) is 3.24. The quantitative estimate of drug-likeness (QED) is 0.141. The van der Waals surface area contributed by atoms with Crippen LogP contribution in [0.15, 0.2) is 60.8 Å². The molecule has 7 rings (SSSR count). The Morgan fingerprint density at radius 1 is 0.656 bits per heavy atom. The second kappa shape index (κ2) is 5.77. The van der Waals surface area contributed by atoms with Crippen molar-refractivity contribution in [3.05, 3.63) is 83.0 Å². The van der Waals surface area contributed by atoms with Crippen molar-refractivity contribution in [2.45, 2.75) is 27.7 Å². The molecular formula is C30H25N2+. The molecule has 0 aliphatic carbocycles. The van der Waals surface area contributed by atoms with Crippen molar-refractivity contribution in [3.8, 4) is 0 Å². The van der Waals surface area contributed by atoms with Gasteiger partial charge in [0.15, 0.2) is 6.20 Å². The molecule has 32 heavy (non-hydrogen) atoms. The molecule has 0 fully saturated rings. The van der Waals surface area contributed by atoms with Crippen LogP contribution in [0, 0.1) is 27.7 Å². The standard InChI is InChI=1S/C30H25N2/c1-16-9-8-11-21-18(3)26-28(19(4)24(16)21)32-23-12-7-6-10-22(23)25-17(2)15-20-13-14-31(5)29(26)27(20)30(25)32/h6-15H,1-5H3/q+1. The second-order valence-corrected chi connectivity index (χ2v) is 9.48. The smallest absolute Gasteiger partial charge is 0.224 e. The Morgan fingerprint density at radius 2 is 1.44 bits per heavy atom. The SMILES string of the molecule is Cc1cccc2c(C)c3c(c(C)c12)n1c2ccccc2c2c(C)cc4cc[n+](C)c3c4c21. The molecule has 0 bridgehead atoms. The van der Waals surface area contributed by atoms with Gasteiger partial charge < -0.3 is 4.40 Å². The monoisotopic (exact) mass is 413 g/mol. The lowest BCUT2D eigenvalue weighted by molar-refractivity contribution is -0.643. The van der Waals surface area contributed by atoms with E-state index in [-0.39, 0.29) is 0 Å². The molecule has 0 aliphatic heterocycles. The molecule has 0 radical (unpaired) electrons. The maximum Gasteiger partial charge on any atom is 0.224 e. The van der Waals surface area contributed by atoms with E-state index < -0.39 is 0 Å². The summed E-state index contributed by atoms with van der Waals surface area (Å²) in [5.74, 6) is 0. The average Bonchev–Trinajstić information content (AvgIpc) is 3.14. The van der Waals surface area contributed by atoms with Crippen molar-refractivity contribution in [3.63, 3.8) is 0 Å². The van der Waals surface area contributed by atoms with E-state index in [2.05, 4.69) is 105 Å². The molecule has 2 nitrogen and oxygen atoms in total. The first-order valence-electron chi connectivity index (χ1n) is 11.4. The van der Waals surface area contributed by atoms with Crippen molar-refractivity contribution in [2.75, 3.05) is 0 Å². The number of benzene rings is 4. The molecule has 0 saturated carbocycles. The van der Waals surface area contributed by atoms with E-state index in [1.165, 1.54) is 82.0 Å². The van der Waals surface area contributed by atoms with Gasteiger partial charge >= 0.3 is 0 Å². The number of para-hydroxylation sites is 1. The van der Waals surface area contributed by atoms with Gasteiger partial charge in [-0.1, -0.05) is 42.5 Å². The molecule has 0 saturated heterocycles. The van der Waals surface area contributed by atoms with Crippen molar-refractivity contribution in [1.82, 2.24) is 4.40 Å².